The second-order valence-electron chi connectivity index (χ2n) is 5.22. The highest BCUT2D eigenvalue weighted by Gasteiger charge is 2.46. The Labute approximate surface area is 130 Å². The lowest BCUT2D eigenvalue weighted by Crippen LogP contribution is -2.45. The molecule has 0 radical (unpaired) electrons. The fraction of sp³-hybridized carbons (Fsp3) is 0.267. The van der Waals surface area contributed by atoms with E-state index in [-0.39, 0.29) is 11.8 Å². The predicted molar refractivity (Wildman–Crippen MR) is 83.7 cm³/mol. The van der Waals surface area contributed by atoms with Crippen molar-refractivity contribution in [1.82, 2.24) is 0 Å². The van der Waals surface area contributed by atoms with Crippen LogP contribution in [0.5, 0.6) is 0 Å². The molecule has 0 spiro atoms. The number of halogens is 1. The molecule has 4 rings (SSSR count). The molecule has 1 aromatic carbocycles. The molecule has 3 amide bonds. The predicted octanol–water partition coefficient (Wildman–Crippen LogP) is 4.01. The Kier molecular flexibility index (Phi) is 2.94. The van der Waals surface area contributed by atoms with Gasteiger partial charge in [-0.15, -0.1) is 0 Å². The monoisotopic (exact) mass is 318 g/mol. The molecule has 0 saturated heterocycles. The van der Waals surface area contributed by atoms with Crippen molar-refractivity contribution in [3.05, 3.63) is 39.8 Å². The van der Waals surface area contributed by atoms with E-state index in [0.717, 1.165) is 24.8 Å². The second-order valence-corrected chi connectivity index (χ2v) is 6.77. The van der Waals surface area contributed by atoms with Gasteiger partial charge in [0.05, 0.1) is 5.69 Å². The van der Waals surface area contributed by atoms with Crippen molar-refractivity contribution >= 4 is 46.0 Å². The van der Waals surface area contributed by atoms with E-state index in [0.29, 0.717) is 15.8 Å². The summed E-state index contributed by atoms with van der Waals surface area (Å²) in [6.45, 7) is 0. The van der Waals surface area contributed by atoms with Crippen LogP contribution in [0.4, 0.5) is 10.5 Å². The molecule has 0 aromatic heterocycles. The molecule has 4 nitrogen and oxygen atoms in total. The first-order valence-corrected chi connectivity index (χ1v) is 7.96. The maximum atomic E-state index is 12.8. The van der Waals surface area contributed by atoms with Crippen LogP contribution in [0.25, 0.3) is 0 Å². The van der Waals surface area contributed by atoms with Gasteiger partial charge in [-0.05, 0) is 54.0 Å². The average Bonchev–Trinajstić information content (AvgIpc) is 3.00. The summed E-state index contributed by atoms with van der Waals surface area (Å²) in [6.07, 6.45) is 3.02. The molecule has 0 fully saturated rings. The van der Waals surface area contributed by atoms with E-state index in [1.807, 2.05) is 0 Å². The Hall–Kier alpha value is -1.59. The van der Waals surface area contributed by atoms with Gasteiger partial charge in [0.1, 0.15) is 11.0 Å². The number of aliphatic imine (C=N–C) groups is 1. The molecule has 1 aliphatic carbocycles. The van der Waals surface area contributed by atoms with Crippen molar-refractivity contribution in [1.29, 1.82) is 0 Å². The molecule has 106 valence electrons. The van der Waals surface area contributed by atoms with Crippen LogP contribution in [0.3, 0.4) is 0 Å². The lowest BCUT2D eigenvalue weighted by Gasteiger charge is -2.27. The van der Waals surface area contributed by atoms with Gasteiger partial charge >= 0.3 is 6.03 Å². The number of thioether (sulfide) groups is 1. The van der Waals surface area contributed by atoms with Crippen LogP contribution >= 0.6 is 23.4 Å². The number of rotatable bonds is 1. The summed E-state index contributed by atoms with van der Waals surface area (Å²) in [5.74, 6) is -0.535. The molecule has 0 N–H and O–H groups in total. The first-order chi connectivity index (χ1) is 10.1. The number of imide groups is 1. The van der Waals surface area contributed by atoms with Crippen molar-refractivity contribution in [2.24, 2.45) is 10.9 Å². The van der Waals surface area contributed by atoms with Gasteiger partial charge in [-0.2, -0.15) is 4.99 Å². The largest absolute Gasteiger partial charge is 0.355 e. The molecule has 0 bridgehead atoms. The maximum Gasteiger partial charge on any atom is 0.355 e. The van der Waals surface area contributed by atoms with Gasteiger partial charge in [-0.1, -0.05) is 23.4 Å². The molecular formula is C15H11ClN2O2S. The van der Waals surface area contributed by atoms with E-state index in [1.165, 1.54) is 21.6 Å². The molecule has 0 saturated carbocycles. The Morgan fingerprint density at radius 3 is 2.71 bits per heavy atom. The average molecular weight is 319 g/mol. The topological polar surface area (TPSA) is 49.7 Å². The van der Waals surface area contributed by atoms with Crippen molar-refractivity contribution in [2.75, 3.05) is 4.90 Å². The van der Waals surface area contributed by atoms with Gasteiger partial charge < -0.3 is 0 Å². The zero-order chi connectivity index (χ0) is 14.6. The van der Waals surface area contributed by atoms with Crippen LogP contribution in [0.15, 0.2) is 39.7 Å². The first kappa shape index (κ1) is 13.1. The zero-order valence-corrected chi connectivity index (χ0v) is 12.6. The minimum atomic E-state index is -0.512. The third-order valence-electron chi connectivity index (χ3n) is 3.98. The van der Waals surface area contributed by atoms with E-state index in [2.05, 4.69) is 4.99 Å². The van der Waals surface area contributed by atoms with E-state index in [1.54, 1.807) is 24.3 Å². The number of nitrogens with zero attached hydrogens (tertiary/aromatic N) is 2. The van der Waals surface area contributed by atoms with E-state index >= 15 is 0 Å². The minimum Gasteiger partial charge on any atom is -0.273 e. The SMILES string of the molecule is O=C1N=C2SC3=C(CCC3)C2C(=O)N1c1ccc(Cl)cc1. The highest BCUT2D eigenvalue weighted by atomic mass is 35.5. The fourth-order valence-corrected chi connectivity index (χ4v) is 4.49. The Morgan fingerprint density at radius 2 is 1.95 bits per heavy atom. The van der Waals surface area contributed by atoms with Crippen molar-refractivity contribution in [3.63, 3.8) is 0 Å². The number of hydrogen-bond donors (Lipinski definition) is 0. The molecule has 6 heteroatoms. The van der Waals surface area contributed by atoms with Crippen LogP contribution < -0.4 is 4.90 Å². The summed E-state index contributed by atoms with van der Waals surface area (Å²) in [6, 6.07) is 6.16. The van der Waals surface area contributed by atoms with Crippen molar-refractivity contribution in [2.45, 2.75) is 19.3 Å². The van der Waals surface area contributed by atoms with E-state index in [4.69, 9.17) is 11.6 Å². The lowest BCUT2D eigenvalue weighted by molar-refractivity contribution is -0.119. The van der Waals surface area contributed by atoms with Gasteiger partial charge in [0.2, 0.25) is 5.91 Å². The third kappa shape index (κ3) is 1.95. The molecule has 21 heavy (non-hydrogen) atoms. The number of carbonyl (C=O) groups is 2. The van der Waals surface area contributed by atoms with Gasteiger partial charge in [0.25, 0.3) is 0 Å². The van der Waals surface area contributed by atoms with Gasteiger partial charge in [-0.3, -0.25) is 4.79 Å². The summed E-state index contributed by atoms with van der Waals surface area (Å²) in [4.78, 5) is 31.5. The standard InChI is InChI=1S/C15H11ClN2O2S/c16-8-4-6-9(7-5-8)18-14(19)12-10-2-1-3-11(10)21-13(12)17-15(18)20/h4-7,12H,1-3H2. The van der Waals surface area contributed by atoms with Crippen LogP contribution in [0.2, 0.25) is 5.02 Å². The molecule has 2 aliphatic heterocycles. The normalized spacial score (nSPS) is 24.3. The Morgan fingerprint density at radius 1 is 1.19 bits per heavy atom. The number of benzene rings is 1. The minimum absolute atomic E-state index is 0.188. The van der Waals surface area contributed by atoms with Crippen LogP contribution in [0, 0.1) is 5.92 Å². The lowest BCUT2D eigenvalue weighted by atomic mass is 9.96. The maximum absolute atomic E-state index is 12.8. The van der Waals surface area contributed by atoms with Gasteiger partial charge in [0.15, 0.2) is 0 Å². The van der Waals surface area contributed by atoms with E-state index < -0.39 is 6.03 Å². The van der Waals surface area contributed by atoms with Gasteiger partial charge in [-0.25, -0.2) is 9.69 Å². The highest BCUT2D eigenvalue weighted by Crippen LogP contribution is 2.49. The molecule has 1 atom stereocenters. The second kappa shape index (κ2) is 4.71. The molecule has 1 unspecified atom stereocenters. The number of amides is 3. The molecule has 3 aliphatic rings. The molecule has 2 heterocycles. The van der Waals surface area contributed by atoms with Crippen LogP contribution in [-0.2, 0) is 4.79 Å². The summed E-state index contributed by atoms with van der Waals surface area (Å²) >= 11 is 7.37. The van der Waals surface area contributed by atoms with Crippen molar-refractivity contribution in [3.8, 4) is 0 Å². The smallest absolute Gasteiger partial charge is 0.273 e. The quantitative estimate of drug-likeness (QED) is 0.786. The summed E-state index contributed by atoms with van der Waals surface area (Å²) in [5.41, 5.74) is 1.68. The number of urea groups is 1. The van der Waals surface area contributed by atoms with Crippen LogP contribution in [0.1, 0.15) is 19.3 Å². The number of carbonyl (C=O) groups excluding carboxylic acids is 2. The number of allylic oxidation sites excluding steroid dienone is 1. The third-order valence-corrected chi connectivity index (χ3v) is 5.48. The Bertz CT molecular complexity index is 724. The first-order valence-electron chi connectivity index (χ1n) is 6.77. The summed E-state index contributed by atoms with van der Waals surface area (Å²) in [7, 11) is 0. The summed E-state index contributed by atoms with van der Waals surface area (Å²) in [5, 5.41) is 1.22. The van der Waals surface area contributed by atoms with Crippen LogP contribution in [-0.4, -0.2) is 17.0 Å². The number of hydrogen-bond acceptors (Lipinski definition) is 3. The molecule has 1 aromatic rings. The van der Waals surface area contributed by atoms with Crippen molar-refractivity contribution < 1.29 is 9.59 Å². The van der Waals surface area contributed by atoms with E-state index in [9.17, 15) is 9.59 Å². The number of fused-ring (bicyclic) bond motifs is 2. The number of anilines is 1. The summed E-state index contributed by atoms with van der Waals surface area (Å²) < 4.78 is 0. The molecular weight excluding hydrogens is 308 g/mol. The van der Waals surface area contributed by atoms with Gasteiger partial charge in [0, 0.05) is 5.02 Å². The Balaban J connectivity index is 1.76. The fourth-order valence-electron chi connectivity index (χ4n) is 3.03. The zero-order valence-electron chi connectivity index (χ0n) is 11.0. The highest BCUT2D eigenvalue weighted by molar-refractivity contribution is 8.17.